The third-order valence-electron chi connectivity index (χ3n) is 3.03. The smallest absolute Gasteiger partial charge is 0.143 e. The highest BCUT2D eigenvalue weighted by molar-refractivity contribution is 5.76. The normalized spacial score (nSPS) is 11.0. The predicted molar refractivity (Wildman–Crippen MR) is 68.8 cm³/mol. The number of hydrogen-bond acceptors (Lipinski definition) is 3. The van der Waals surface area contributed by atoms with Crippen molar-refractivity contribution in [1.82, 2.24) is 15.0 Å². The highest BCUT2D eigenvalue weighted by Gasteiger charge is 2.09. The van der Waals surface area contributed by atoms with E-state index < -0.39 is 0 Å². The van der Waals surface area contributed by atoms with Crippen LogP contribution in [0.3, 0.4) is 0 Å². The molecule has 0 amide bonds. The van der Waals surface area contributed by atoms with E-state index in [9.17, 15) is 5.11 Å². The lowest BCUT2D eigenvalue weighted by molar-refractivity contribution is 0.467. The Morgan fingerprint density at radius 1 is 1.11 bits per heavy atom. The van der Waals surface area contributed by atoms with Gasteiger partial charge < -0.3 is 5.11 Å². The van der Waals surface area contributed by atoms with Crippen LogP contribution in [-0.4, -0.2) is 20.1 Å². The monoisotopic (exact) mass is 238 g/mol. The van der Waals surface area contributed by atoms with Crippen LogP contribution in [0.2, 0.25) is 0 Å². The van der Waals surface area contributed by atoms with Gasteiger partial charge in [0, 0.05) is 0 Å². The van der Waals surface area contributed by atoms with Gasteiger partial charge in [0.15, 0.2) is 0 Å². The van der Waals surface area contributed by atoms with Gasteiger partial charge >= 0.3 is 0 Å². The van der Waals surface area contributed by atoms with E-state index in [4.69, 9.17) is 0 Å². The number of phenolic OH excluding ortho intramolecular Hbond substituents is 1. The zero-order chi connectivity index (χ0) is 12.7. The SMILES string of the molecule is Cc1cc2nn(-c3cc[c]cc3O)nc2cc1C. The zero-order valence-electron chi connectivity index (χ0n) is 10.2. The molecule has 3 aromatic rings. The molecule has 1 heterocycles. The number of nitrogens with zero attached hydrogens (tertiary/aromatic N) is 3. The number of aromatic hydroxyl groups is 1. The van der Waals surface area contributed by atoms with Gasteiger partial charge in [0.25, 0.3) is 0 Å². The second-order valence-corrected chi connectivity index (χ2v) is 4.33. The summed E-state index contributed by atoms with van der Waals surface area (Å²) < 4.78 is 0. The number of fused-ring (bicyclic) bond motifs is 1. The van der Waals surface area contributed by atoms with E-state index >= 15 is 0 Å². The second-order valence-electron chi connectivity index (χ2n) is 4.33. The minimum Gasteiger partial charge on any atom is -0.506 e. The molecule has 0 spiro atoms. The lowest BCUT2D eigenvalue weighted by Gasteiger charge is -2.00. The van der Waals surface area contributed by atoms with Gasteiger partial charge in [-0.15, -0.1) is 15.0 Å². The van der Waals surface area contributed by atoms with Crippen molar-refractivity contribution < 1.29 is 5.11 Å². The van der Waals surface area contributed by atoms with Gasteiger partial charge in [0.1, 0.15) is 22.5 Å². The third kappa shape index (κ3) is 1.62. The van der Waals surface area contributed by atoms with Gasteiger partial charge in [0.05, 0.1) is 0 Å². The van der Waals surface area contributed by atoms with Crippen LogP contribution in [0.5, 0.6) is 5.75 Å². The topological polar surface area (TPSA) is 50.9 Å². The van der Waals surface area contributed by atoms with Crippen LogP contribution in [0.1, 0.15) is 11.1 Å². The molecule has 4 nitrogen and oxygen atoms in total. The van der Waals surface area contributed by atoms with E-state index in [-0.39, 0.29) is 5.75 Å². The van der Waals surface area contributed by atoms with Crippen LogP contribution in [0, 0.1) is 19.9 Å². The molecule has 1 aromatic heterocycles. The highest BCUT2D eigenvalue weighted by Crippen LogP contribution is 2.21. The van der Waals surface area contributed by atoms with Crippen LogP contribution in [0.15, 0.2) is 30.3 Å². The molecule has 0 bridgehead atoms. The summed E-state index contributed by atoms with van der Waals surface area (Å²) >= 11 is 0. The Labute approximate surface area is 104 Å². The van der Waals surface area contributed by atoms with E-state index in [1.807, 2.05) is 26.0 Å². The molecule has 2 aromatic carbocycles. The molecule has 18 heavy (non-hydrogen) atoms. The lowest BCUT2D eigenvalue weighted by Crippen LogP contribution is -1.98. The molecule has 0 aliphatic heterocycles. The number of phenols is 1. The molecule has 1 N–H and O–H groups in total. The van der Waals surface area contributed by atoms with Gasteiger partial charge in [-0.3, -0.25) is 0 Å². The fourth-order valence-electron chi connectivity index (χ4n) is 1.86. The quantitative estimate of drug-likeness (QED) is 0.708. The first-order valence-corrected chi connectivity index (χ1v) is 5.69. The van der Waals surface area contributed by atoms with E-state index in [0.29, 0.717) is 5.69 Å². The minimum atomic E-state index is 0.117. The maximum absolute atomic E-state index is 9.77. The molecule has 3 rings (SSSR count). The molecule has 0 atom stereocenters. The van der Waals surface area contributed by atoms with Crippen molar-refractivity contribution >= 4 is 11.0 Å². The maximum atomic E-state index is 9.77. The van der Waals surface area contributed by atoms with Crippen molar-refractivity contribution in [3.05, 3.63) is 47.5 Å². The summed E-state index contributed by atoms with van der Waals surface area (Å²) in [4.78, 5) is 1.45. The van der Waals surface area contributed by atoms with Crippen molar-refractivity contribution in [1.29, 1.82) is 0 Å². The molecule has 0 aliphatic rings. The molecule has 4 heteroatoms. The van der Waals surface area contributed by atoms with Gasteiger partial charge in [-0.1, -0.05) is 6.07 Å². The molecule has 0 aliphatic carbocycles. The summed E-state index contributed by atoms with van der Waals surface area (Å²) in [6.07, 6.45) is 0. The van der Waals surface area contributed by atoms with E-state index in [1.54, 1.807) is 12.1 Å². The Morgan fingerprint density at radius 2 is 1.72 bits per heavy atom. The van der Waals surface area contributed by atoms with E-state index in [2.05, 4.69) is 16.3 Å². The fourth-order valence-corrected chi connectivity index (χ4v) is 1.86. The van der Waals surface area contributed by atoms with Gasteiger partial charge in [-0.05, 0) is 55.3 Å². The average molecular weight is 238 g/mol. The molecule has 0 saturated carbocycles. The Bertz CT molecular complexity index is 692. The summed E-state index contributed by atoms with van der Waals surface area (Å²) in [5, 5.41) is 18.5. The number of aromatic nitrogens is 3. The Kier molecular flexibility index (Phi) is 2.30. The first kappa shape index (κ1) is 10.8. The largest absolute Gasteiger partial charge is 0.506 e. The Morgan fingerprint density at radius 3 is 2.28 bits per heavy atom. The Balaban J connectivity index is 2.23. The summed E-state index contributed by atoms with van der Waals surface area (Å²) in [6, 6.07) is 11.8. The zero-order valence-corrected chi connectivity index (χ0v) is 10.2. The minimum absolute atomic E-state index is 0.117. The van der Waals surface area contributed by atoms with Crippen molar-refractivity contribution in [3.8, 4) is 11.4 Å². The van der Waals surface area contributed by atoms with Crippen molar-refractivity contribution in [2.24, 2.45) is 0 Å². The van der Waals surface area contributed by atoms with Crippen molar-refractivity contribution in [2.75, 3.05) is 0 Å². The molecule has 1 radical (unpaired) electrons. The fraction of sp³-hybridized carbons (Fsp3) is 0.143. The molecule has 0 unspecified atom stereocenters. The predicted octanol–water partition coefficient (Wildman–Crippen LogP) is 2.54. The average Bonchev–Trinajstić information content (AvgIpc) is 2.73. The standard InChI is InChI=1S/C14H12N3O/c1-9-7-11-12(8-10(9)2)16-17(15-11)13-5-3-4-6-14(13)18/h3,5-8,18H,1-2H3. The summed E-state index contributed by atoms with van der Waals surface area (Å²) in [5.41, 5.74) is 4.57. The van der Waals surface area contributed by atoms with Crippen LogP contribution < -0.4 is 0 Å². The van der Waals surface area contributed by atoms with E-state index in [0.717, 1.165) is 11.0 Å². The molecule has 0 fully saturated rings. The molecule has 0 saturated heterocycles. The number of benzene rings is 2. The van der Waals surface area contributed by atoms with Crippen LogP contribution in [-0.2, 0) is 0 Å². The number of rotatable bonds is 1. The summed E-state index contributed by atoms with van der Waals surface area (Å²) in [6.45, 7) is 4.09. The summed E-state index contributed by atoms with van der Waals surface area (Å²) in [5.74, 6) is 0.117. The molecular weight excluding hydrogens is 226 g/mol. The number of aryl methyl sites for hydroxylation is 2. The first-order valence-electron chi connectivity index (χ1n) is 5.69. The van der Waals surface area contributed by atoms with Crippen LogP contribution in [0.4, 0.5) is 0 Å². The van der Waals surface area contributed by atoms with Crippen LogP contribution >= 0.6 is 0 Å². The number of hydrogen-bond donors (Lipinski definition) is 1. The highest BCUT2D eigenvalue weighted by atomic mass is 16.3. The lowest BCUT2D eigenvalue weighted by atomic mass is 10.1. The van der Waals surface area contributed by atoms with Gasteiger partial charge in [0.2, 0.25) is 0 Å². The second kappa shape index (κ2) is 3.84. The Hall–Kier alpha value is -2.36. The van der Waals surface area contributed by atoms with Crippen molar-refractivity contribution in [3.63, 3.8) is 0 Å². The van der Waals surface area contributed by atoms with Gasteiger partial charge in [-0.25, -0.2) is 0 Å². The van der Waals surface area contributed by atoms with Crippen molar-refractivity contribution in [2.45, 2.75) is 13.8 Å². The van der Waals surface area contributed by atoms with E-state index in [1.165, 1.54) is 22.0 Å². The third-order valence-corrected chi connectivity index (χ3v) is 3.03. The molecular formula is C14H12N3O. The van der Waals surface area contributed by atoms with Crippen LogP contribution in [0.25, 0.3) is 16.7 Å². The first-order chi connectivity index (χ1) is 8.65. The van der Waals surface area contributed by atoms with Gasteiger partial charge in [-0.2, -0.15) is 0 Å². The summed E-state index contributed by atoms with van der Waals surface area (Å²) in [7, 11) is 0. The molecule has 89 valence electrons. The maximum Gasteiger partial charge on any atom is 0.143 e.